The molecule has 0 spiro atoms. The molecule has 25 heavy (non-hydrogen) atoms. The van der Waals surface area contributed by atoms with E-state index in [9.17, 15) is 23.1 Å². The van der Waals surface area contributed by atoms with Crippen LogP contribution in [0.25, 0.3) is 0 Å². The molecule has 1 N–H and O–H groups in total. The van der Waals surface area contributed by atoms with E-state index >= 15 is 0 Å². The first-order valence-electron chi connectivity index (χ1n) is 7.56. The molecule has 2 aromatic rings. The molecule has 0 saturated carbocycles. The average Bonchev–Trinajstić information content (AvgIpc) is 3.06. The lowest BCUT2D eigenvalue weighted by Crippen LogP contribution is -2.55. The van der Waals surface area contributed by atoms with Crippen molar-refractivity contribution in [2.24, 2.45) is 0 Å². The van der Waals surface area contributed by atoms with Gasteiger partial charge in [0.25, 0.3) is 10.0 Å². The van der Waals surface area contributed by atoms with Gasteiger partial charge >= 0.3 is 12.0 Å². The van der Waals surface area contributed by atoms with Gasteiger partial charge in [-0.15, -0.1) is 11.3 Å². The summed E-state index contributed by atoms with van der Waals surface area (Å²) < 4.78 is 26.4. The monoisotopic (exact) mass is 380 g/mol. The third kappa shape index (κ3) is 2.89. The van der Waals surface area contributed by atoms with E-state index in [1.165, 1.54) is 10.8 Å². The minimum absolute atomic E-state index is 0.0345. The second-order valence-electron chi connectivity index (χ2n) is 5.53. The highest BCUT2D eigenvalue weighted by molar-refractivity contribution is 7.90. The number of hydrogen-bond donors (Lipinski definition) is 1. The van der Waals surface area contributed by atoms with E-state index in [0.717, 1.165) is 20.5 Å². The van der Waals surface area contributed by atoms with Gasteiger partial charge < -0.3 is 5.11 Å². The Morgan fingerprint density at radius 2 is 1.92 bits per heavy atom. The molecule has 132 valence electrons. The molecule has 3 rings (SSSR count). The first-order chi connectivity index (χ1) is 11.9. The standard InChI is InChI=1S/C16H16N2O5S2/c1-2-12(15(19)20)18-13-9-24-10-14(13)25(22,23)17(16(18)21)8-11-6-4-3-5-7-11/h3-7,9-10,12H,2,8H2,1H3,(H,19,20). The van der Waals surface area contributed by atoms with E-state index in [0.29, 0.717) is 5.56 Å². The fraction of sp³-hybridized carbons (Fsp3) is 0.250. The van der Waals surface area contributed by atoms with Gasteiger partial charge in [-0.25, -0.2) is 22.3 Å². The Labute approximate surface area is 149 Å². The zero-order valence-electron chi connectivity index (χ0n) is 13.3. The Kier molecular flexibility index (Phi) is 4.53. The maximum absolute atomic E-state index is 12.9. The summed E-state index contributed by atoms with van der Waals surface area (Å²) in [4.78, 5) is 25.5. The van der Waals surface area contributed by atoms with Crippen LogP contribution in [0.5, 0.6) is 0 Å². The number of carboxylic acid groups (broad SMARTS) is 1. The number of carboxylic acids is 1. The normalized spacial score (nSPS) is 17.2. The number of nitrogens with zero attached hydrogens (tertiary/aromatic N) is 2. The quantitative estimate of drug-likeness (QED) is 0.861. The summed E-state index contributed by atoms with van der Waals surface area (Å²) in [5, 5.41) is 12.4. The molecule has 0 aliphatic carbocycles. The summed E-state index contributed by atoms with van der Waals surface area (Å²) in [6, 6.07) is 6.73. The lowest BCUT2D eigenvalue weighted by Gasteiger charge is -2.37. The van der Waals surface area contributed by atoms with Crippen molar-refractivity contribution < 1.29 is 23.1 Å². The Morgan fingerprint density at radius 1 is 1.24 bits per heavy atom. The van der Waals surface area contributed by atoms with Crippen molar-refractivity contribution in [2.75, 3.05) is 4.90 Å². The van der Waals surface area contributed by atoms with Crippen LogP contribution in [0.1, 0.15) is 18.9 Å². The summed E-state index contributed by atoms with van der Waals surface area (Å²) in [5.41, 5.74) is 0.773. The lowest BCUT2D eigenvalue weighted by molar-refractivity contribution is -0.138. The van der Waals surface area contributed by atoms with Gasteiger partial charge in [0.2, 0.25) is 0 Å². The molecule has 1 aromatic carbocycles. The zero-order valence-corrected chi connectivity index (χ0v) is 15.0. The summed E-state index contributed by atoms with van der Waals surface area (Å²) >= 11 is 1.12. The van der Waals surface area contributed by atoms with E-state index in [1.807, 2.05) is 0 Å². The van der Waals surface area contributed by atoms with Gasteiger partial charge in [0.1, 0.15) is 10.9 Å². The Balaban J connectivity index is 2.11. The fourth-order valence-electron chi connectivity index (χ4n) is 2.76. The van der Waals surface area contributed by atoms with Crippen molar-refractivity contribution in [2.45, 2.75) is 30.8 Å². The van der Waals surface area contributed by atoms with Gasteiger partial charge in [0, 0.05) is 10.8 Å². The third-order valence-electron chi connectivity index (χ3n) is 4.01. The predicted molar refractivity (Wildman–Crippen MR) is 93.1 cm³/mol. The topological polar surface area (TPSA) is 95.0 Å². The van der Waals surface area contributed by atoms with Crippen LogP contribution in [0.2, 0.25) is 0 Å². The number of sulfonamides is 1. The van der Waals surface area contributed by atoms with Gasteiger partial charge in [-0.3, -0.25) is 4.90 Å². The summed E-state index contributed by atoms with van der Waals surface area (Å²) in [6.07, 6.45) is 0.162. The molecule has 0 radical (unpaired) electrons. The molecule has 1 aliphatic heterocycles. The van der Waals surface area contributed by atoms with Gasteiger partial charge in [0.05, 0.1) is 12.2 Å². The smallest absolute Gasteiger partial charge is 0.339 e. The number of amides is 2. The van der Waals surface area contributed by atoms with Crippen molar-refractivity contribution in [1.29, 1.82) is 0 Å². The summed E-state index contributed by atoms with van der Waals surface area (Å²) in [5.74, 6) is -1.17. The van der Waals surface area contributed by atoms with Gasteiger partial charge in [-0.05, 0) is 12.0 Å². The van der Waals surface area contributed by atoms with Crippen LogP contribution >= 0.6 is 11.3 Å². The Bertz CT molecular complexity index is 908. The van der Waals surface area contributed by atoms with Crippen LogP contribution in [0.4, 0.5) is 10.5 Å². The van der Waals surface area contributed by atoms with Crippen LogP contribution in [0, 0.1) is 0 Å². The number of carbonyl (C=O) groups excluding carboxylic acids is 1. The maximum atomic E-state index is 12.9. The average molecular weight is 380 g/mol. The van der Waals surface area contributed by atoms with E-state index < -0.39 is 28.1 Å². The summed E-state index contributed by atoms with van der Waals surface area (Å²) in [7, 11) is -4.03. The van der Waals surface area contributed by atoms with Crippen LogP contribution in [-0.2, 0) is 21.4 Å². The number of fused-ring (bicyclic) bond motifs is 1. The number of rotatable bonds is 5. The number of thiophene rings is 1. The highest BCUT2D eigenvalue weighted by atomic mass is 32.2. The second kappa shape index (κ2) is 6.49. The first kappa shape index (κ1) is 17.4. The molecule has 0 fully saturated rings. The fourth-order valence-corrected chi connectivity index (χ4v) is 5.44. The Morgan fingerprint density at radius 3 is 2.52 bits per heavy atom. The molecule has 2 amide bonds. The second-order valence-corrected chi connectivity index (χ2v) is 8.11. The van der Waals surface area contributed by atoms with E-state index in [1.54, 1.807) is 37.3 Å². The van der Waals surface area contributed by atoms with Crippen LogP contribution in [0.3, 0.4) is 0 Å². The van der Waals surface area contributed by atoms with Crippen molar-refractivity contribution in [3.05, 3.63) is 46.7 Å². The van der Waals surface area contributed by atoms with E-state index in [4.69, 9.17) is 0 Å². The van der Waals surface area contributed by atoms with Gasteiger partial charge in [0.15, 0.2) is 0 Å². The van der Waals surface area contributed by atoms with Crippen LogP contribution in [-0.4, -0.2) is 35.9 Å². The molecule has 7 nitrogen and oxygen atoms in total. The Hall–Kier alpha value is -2.39. The number of anilines is 1. The molecule has 1 unspecified atom stereocenters. The predicted octanol–water partition coefficient (Wildman–Crippen LogP) is 2.74. The highest BCUT2D eigenvalue weighted by Gasteiger charge is 2.45. The molecule has 2 heterocycles. The minimum Gasteiger partial charge on any atom is -0.480 e. The molecule has 9 heteroatoms. The van der Waals surface area contributed by atoms with E-state index in [-0.39, 0.29) is 23.5 Å². The molecule has 1 aliphatic rings. The molecule has 0 saturated heterocycles. The number of benzene rings is 1. The van der Waals surface area contributed by atoms with Crippen molar-refractivity contribution >= 4 is 39.0 Å². The van der Waals surface area contributed by atoms with Gasteiger partial charge in [-0.1, -0.05) is 37.3 Å². The molecular formula is C16H16N2O5S2. The lowest BCUT2D eigenvalue weighted by atomic mass is 10.2. The van der Waals surface area contributed by atoms with Crippen molar-refractivity contribution in [3.63, 3.8) is 0 Å². The third-order valence-corrected chi connectivity index (χ3v) is 6.64. The molecular weight excluding hydrogens is 364 g/mol. The number of aliphatic carboxylic acids is 1. The SMILES string of the molecule is CCC(C(=O)O)N1C(=O)N(Cc2ccccc2)S(=O)(=O)c2cscc21. The van der Waals surface area contributed by atoms with Crippen LogP contribution < -0.4 is 4.90 Å². The first-order valence-corrected chi connectivity index (χ1v) is 9.95. The van der Waals surface area contributed by atoms with E-state index in [2.05, 4.69) is 0 Å². The zero-order chi connectivity index (χ0) is 18.2. The van der Waals surface area contributed by atoms with Crippen molar-refractivity contribution in [3.8, 4) is 0 Å². The molecule has 1 aromatic heterocycles. The van der Waals surface area contributed by atoms with Crippen LogP contribution in [0.15, 0.2) is 46.0 Å². The largest absolute Gasteiger partial charge is 0.480 e. The minimum atomic E-state index is -4.03. The summed E-state index contributed by atoms with van der Waals surface area (Å²) in [6.45, 7) is 1.49. The number of carbonyl (C=O) groups is 2. The molecule has 0 bridgehead atoms. The highest BCUT2D eigenvalue weighted by Crippen LogP contribution is 2.39. The number of urea groups is 1. The molecule has 1 atom stereocenters. The number of hydrogen-bond acceptors (Lipinski definition) is 5. The van der Waals surface area contributed by atoms with Crippen molar-refractivity contribution in [1.82, 2.24) is 4.31 Å². The maximum Gasteiger partial charge on any atom is 0.339 e. The van der Waals surface area contributed by atoms with Gasteiger partial charge in [-0.2, -0.15) is 0 Å².